The minimum Gasteiger partial charge on any atom is -0.330 e. The number of rotatable bonds is 3. The Labute approximate surface area is 102 Å². The van der Waals surface area contributed by atoms with Crippen molar-refractivity contribution < 1.29 is 0 Å². The molecule has 1 aliphatic carbocycles. The van der Waals surface area contributed by atoms with Crippen LogP contribution in [-0.4, -0.2) is 11.5 Å². The highest BCUT2D eigenvalue weighted by Crippen LogP contribution is 2.42. The van der Waals surface area contributed by atoms with Crippen LogP contribution in [0.3, 0.4) is 0 Å². The van der Waals surface area contributed by atoms with Gasteiger partial charge in [-0.3, -0.25) is 4.98 Å². The van der Waals surface area contributed by atoms with E-state index in [9.17, 15) is 0 Å². The van der Waals surface area contributed by atoms with Crippen LogP contribution >= 0.6 is 11.3 Å². The standard InChI is InChI=1S/C13H22N2S/c1-13(2)4-3-10(7-14)11(6-13)5-12-8-15-9-16-12/h8-11H,3-7,14H2,1-2H3. The van der Waals surface area contributed by atoms with Gasteiger partial charge in [-0.15, -0.1) is 11.3 Å². The molecule has 1 aromatic heterocycles. The van der Waals surface area contributed by atoms with Crippen molar-refractivity contribution in [2.45, 2.75) is 39.5 Å². The van der Waals surface area contributed by atoms with E-state index >= 15 is 0 Å². The van der Waals surface area contributed by atoms with Crippen molar-refractivity contribution in [3.8, 4) is 0 Å². The van der Waals surface area contributed by atoms with Crippen molar-refractivity contribution in [1.82, 2.24) is 4.98 Å². The second-order valence-corrected chi connectivity index (χ2v) is 6.81. The molecule has 1 fully saturated rings. The summed E-state index contributed by atoms with van der Waals surface area (Å²) in [5.74, 6) is 1.48. The molecule has 2 unspecified atom stereocenters. The van der Waals surface area contributed by atoms with E-state index in [4.69, 9.17) is 5.73 Å². The van der Waals surface area contributed by atoms with Gasteiger partial charge >= 0.3 is 0 Å². The van der Waals surface area contributed by atoms with Crippen LogP contribution in [0.2, 0.25) is 0 Å². The predicted molar refractivity (Wildman–Crippen MR) is 69.5 cm³/mol. The monoisotopic (exact) mass is 238 g/mol. The largest absolute Gasteiger partial charge is 0.330 e. The molecular weight excluding hydrogens is 216 g/mol. The Morgan fingerprint density at radius 1 is 1.50 bits per heavy atom. The first-order valence-electron chi connectivity index (χ1n) is 6.18. The van der Waals surface area contributed by atoms with Crippen molar-refractivity contribution in [3.05, 3.63) is 16.6 Å². The van der Waals surface area contributed by atoms with Crippen LogP contribution in [0, 0.1) is 17.3 Å². The molecule has 2 atom stereocenters. The second-order valence-electron chi connectivity index (χ2n) is 5.83. The SMILES string of the molecule is CC1(C)CCC(CN)C(Cc2cncs2)C1. The van der Waals surface area contributed by atoms with Gasteiger partial charge in [0.05, 0.1) is 5.51 Å². The first-order valence-corrected chi connectivity index (χ1v) is 7.06. The smallest absolute Gasteiger partial charge is 0.0794 e. The molecule has 0 radical (unpaired) electrons. The maximum atomic E-state index is 5.90. The van der Waals surface area contributed by atoms with Crippen LogP contribution in [0.15, 0.2) is 11.7 Å². The van der Waals surface area contributed by atoms with Crippen molar-refractivity contribution in [2.24, 2.45) is 23.0 Å². The normalized spacial score (nSPS) is 29.2. The molecule has 2 nitrogen and oxygen atoms in total. The van der Waals surface area contributed by atoms with Gasteiger partial charge in [0.1, 0.15) is 0 Å². The van der Waals surface area contributed by atoms with Crippen molar-refractivity contribution >= 4 is 11.3 Å². The summed E-state index contributed by atoms with van der Waals surface area (Å²) in [5, 5.41) is 0. The molecule has 2 N–H and O–H groups in total. The zero-order valence-corrected chi connectivity index (χ0v) is 11.1. The number of nitrogens with zero attached hydrogens (tertiary/aromatic N) is 1. The van der Waals surface area contributed by atoms with Gasteiger partial charge in [-0.2, -0.15) is 0 Å². The average Bonchev–Trinajstić information content (AvgIpc) is 2.70. The topological polar surface area (TPSA) is 38.9 Å². The molecule has 1 aromatic rings. The Bertz CT molecular complexity index is 319. The molecule has 3 heteroatoms. The fourth-order valence-corrected chi connectivity index (χ4v) is 3.63. The summed E-state index contributed by atoms with van der Waals surface area (Å²) in [7, 11) is 0. The molecule has 0 bridgehead atoms. The van der Waals surface area contributed by atoms with E-state index < -0.39 is 0 Å². The molecule has 0 saturated heterocycles. The molecular formula is C13H22N2S. The van der Waals surface area contributed by atoms with Gasteiger partial charge in [0.2, 0.25) is 0 Å². The third-order valence-electron chi connectivity index (χ3n) is 3.92. The lowest BCUT2D eigenvalue weighted by molar-refractivity contribution is 0.122. The highest BCUT2D eigenvalue weighted by Gasteiger charge is 2.34. The lowest BCUT2D eigenvalue weighted by Gasteiger charge is -2.40. The number of nitrogens with two attached hydrogens (primary N) is 1. The Morgan fingerprint density at radius 2 is 2.31 bits per heavy atom. The Hall–Kier alpha value is -0.410. The van der Waals surface area contributed by atoms with Gasteiger partial charge < -0.3 is 5.73 Å². The van der Waals surface area contributed by atoms with Gasteiger partial charge in [0.25, 0.3) is 0 Å². The second kappa shape index (κ2) is 4.84. The Morgan fingerprint density at radius 3 is 2.94 bits per heavy atom. The average molecular weight is 238 g/mol. The third-order valence-corrected chi connectivity index (χ3v) is 4.72. The summed E-state index contributed by atoms with van der Waals surface area (Å²) < 4.78 is 0. The van der Waals surface area contributed by atoms with E-state index in [0.29, 0.717) is 5.41 Å². The summed E-state index contributed by atoms with van der Waals surface area (Å²) in [6.07, 6.45) is 7.13. The lowest BCUT2D eigenvalue weighted by Crippen LogP contribution is -2.35. The molecule has 2 rings (SSSR count). The van der Waals surface area contributed by atoms with Crippen LogP contribution in [-0.2, 0) is 6.42 Å². The van der Waals surface area contributed by atoms with Crippen molar-refractivity contribution in [2.75, 3.05) is 6.54 Å². The molecule has 90 valence electrons. The lowest BCUT2D eigenvalue weighted by atomic mass is 9.66. The highest BCUT2D eigenvalue weighted by molar-refractivity contribution is 7.09. The third kappa shape index (κ3) is 2.83. The van der Waals surface area contributed by atoms with Crippen LogP contribution < -0.4 is 5.73 Å². The van der Waals surface area contributed by atoms with Gasteiger partial charge in [-0.1, -0.05) is 13.8 Å². The molecule has 0 amide bonds. The van der Waals surface area contributed by atoms with Crippen LogP contribution in [0.4, 0.5) is 0 Å². The number of hydrogen-bond donors (Lipinski definition) is 1. The molecule has 0 aliphatic heterocycles. The number of hydrogen-bond acceptors (Lipinski definition) is 3. The zero-order valence-electron chi connectivity index (χ0n) is 10.3. The quantitative estimate of drug-likeness (QED) is 0.879. The summed E-state index contributed by atoms with van der Waals surface area (Å²) >= 11 is 1.78. The minimum absolute atomic E-state index is 0.501. The Balaban J connectivity index is 2.03. The summed E-state index contributed by atoms with van der Waals surface area (Å²) in [6, 6.07) is 0. The van der Waals surface area contributed by atoms with E-state index in [2.05, 4.69) is 18.8 Å². The van der Waals surface area contributed by atoms with Crippen LogP contribution in [0.5, 0.6) is 0 Å². The number of thiazole rings is 1. The van der Waals surface area contributed by atoms with E-state index in [0.717, 1.165) is 18.4 Å². The predicted octanol–water partition coefficient (Wildman–Crippen LogP) is 3.09. The van der Waals surface area contributed by atoms with Gasteiger partial charge in [-0.25, -0.2) is 0 Å². The molecule has 0 spiro atoms. The fraction of sp³-hybridized carbons (Fsp3) is 0.769. The van der Waals surface area contributed by atoms with E-state index in [-0.39, 0.29) is 0 Å². The zero-order chi connectivity index (χ0) is 11.6. The molecule has 1 aliphatic rings. The van der Waals surface area contributed by atoms with Crippen molar-refractivity contribution in [3.63, 3.8) is 0 Å². The highest BCUT2D eigenvalue weighted by atomic mass is 32.1. The first kappa shape index (κ1) is 12.1. The first-order chi connectivity index (χ1) is 7.61. The molecule has 0 aromatic carbocycles. The van der Waals surface area contributed by atoms with E-state index in [1.165, 1.54) is 30.6 Å². The molecule has 1 heterocycles. The summed E-state index contributed by atoms with van der Waals surface area (Å²) in [5.41, 5.74) is 8.33. The van der Waals surface area contributed by atoms with Gasteiger partial charge in [0, 0.05) is 11.1 Å². The Kier molecular flexibility index (Phi) is 3.65. The summed E-state index contributed by atoms with van der Waals surface area (Å²) in [4.78, 5) is 5.58. The van der Waals surface area contributed by atoms with Crippen LogP contribution in [0.25, 0.3) is 0 Å². The maximum Gasteiger partial charge on any atom is 0.0794 e. The number of aromatic nitrogens is 1. The maximum absolute atomic E-state index is 5.90. The van der Waals surface area contributed by atoms with Gasteiger partial charge in [0.15, 0.2) is 0 Å². The molecule has 1 saturated carbocycles. The molecule has 16 heavy (non-hydrogen) atoms. The van der Waals surface area contributed by atoms with Crippen LogP contribution in [0.1, 0.15) is 38.0 Å². The minimum atomic E-state index is 0.501. The van der Waals surface area contributed by atoms with E-state index in [1.807, 2.05) is 11.7 Å². The van der Waals surface area contributed by atoms with E-state index in [1.54, 1.807) is 11.3 Å². The van der Waals surface area contributed by atoms with Crippen molar-refractivity contribution in [1.29, 1.82) is 0 Å². The van der Waals surface area contributed by atoms with Gasteiger partial charge in [-0.05, 0) is 49.5 Å². The fourth-order valence-electron chi connectivity index (χ4n) is 2.94. The summed E-state index contributed by atoms with van der Waals surface area (Å²) in [6.45, 7) is 5.62.